The first-order valence-electron chi connectivity index (χ1n) is 16.3. The van der Waals surface area contributed by atoms with Gasteiger partial charge in [0.25, 0.3) is 0 Å². The number of nitrogens with zero attached hydrogens (tertiary/aromatic N) is 1. The van der Waals surface area contributed by atoms with Crippen molar-refractivity contribution in [2.24, 2.45) is 17.3 Å². The van der Waals surface area contributed by atoms with Gasteiger partial charge in [0.2, 0.25) is 0 Å². The van der Waals surface area contributed by atoms with Gasteiger partial charge in [0.05, 0.1) is 6.10 Å². The predicted octanol–water partition coefficient (Wildman–Crippen LogP) is 8.43. The van der Waals surface area contributed by atoms with E-state index in [1.165, 1.54) is 23.1 Å². The first-order valence-corrected chi connectivity index (χ1v) is 17.7. The van der Waals surface area contributed by atoms with E-state index in [2.05, 4.69) is 51.1 Å². The van der Waals surface area contributed by atoms with E-state index in [-0.39, 0.29) is 11.5 Å². The van der Waals surface area contributed by atoms with E-state index in [1.807, 2.05) is 18.2 Å². The Hall–Kier alpha value is -1.89. The van der Waals surface area contributed by atoms with Gasteiger partial charge in [0.1, 0.15) is 12.4 Å². The average molecular weight is 582 g/mol. The van der Waals surface area contributed by atoms with Gasteiger partial charge >= 0.3 is 10.3 Å². The van der Waals surface area contributed by atoms with Gasteiger partial charge in [-0.15, -0.1) is 0 Å². The van der Waals surface area contributed by atoms with Gasteiger partial charge in [-0.1, -0.05) is 82.9 Å². The molecule has 2 fully saturated rings. The number of rotatable bonds is 14. The third-order valence-electron chi connectivity index (χ3n) is 10.4. The molecule has 5 rings (SSSR count). The molecule has 0 radical (unpaired) electrons. The summed E-state index contributed by atoms with van der Waals surface area (Å²) < 4.78 is 41.2. The molecule has 2 saturated carbocycles. The van der Waals surface area contributed by atoms with E-state index in [0.717, 1.165) is 76.4 Å². The van der Waals surface area contributed by atoms with E-state index in [0.29, 0.717) is 37.5 Å². The molecule has 5 atom stereocenters. The molecule has 3 aliphatic rings. The molecule has 0 saturated heterocycles. The van der Waals surface area contributed by atoms with Crippen molar-refractivity contribution in [2.75, 3.05) is 13.1 Å². The number of ether oxygens (including phenoxy) is 1. The van der Waals surface area contributed by atoms with Crippen molar-refractivity contribution < 1.29 is 17.3 Å². The van der Waals surface area contributed by atoms with Crippen LogP contribution in [0, 0.1) is 17.3 Å². The lowest BCUT2D eigenvalue weighted by atomic mass is 9.55. The highest BCUT2D eigenvalue weighted by molar-refractivity contribution is 7.84. The molecule has 6 heteroatoms. The van der Waals surface area contributed by atoms with E-state index < -0.39 is 10.3 Å². The maximum absolute atomic E-state index is 13.6. The summed E-state index contributed by atoms with van der Waals surface area (Å²) in [6.07, 6.45) is 12.1. The zero-order valence-corrected chi connectivity index (χ0v) is 26.3. The Morgan fingerprint density at radius 1 is 0.902 bits per heavy atom. The summed E-state index contributed by atoms with van der Waals surface area (Å²) in [7, 11) is -3.74. The fourth-order valence-corrected chi connectivity index (χ4v) is 9.56. The minimum Gasteiger partial charge on any atom is -0.489 e. The molecule has 0 heterocycles. The summed E-state index contributed by atoms with van der Waals surface area (Å²) in [6.45, 7) is 8.38. The van der Waals surface area contributed by atoms with Crippen LogP contribution in [0.25, 0.3) is 0 Å². The van der Waals surface area contributed by atoms with E-state index in [1.54, 1.807) is 4.31 Å². The molecule has 2 aromatic rings. The molecular weight excluding hydrogens is 530 g/mol. The van der Waals surface area contributed by atoms with Crippen LogP contribution in [-0.4, -0.2) is 31.9 Å². The van der Waals surface area contributed by atoms with Crippen molar-refractivity contribution in [3.05, 3.63) is 65.2 Å². The fourth-order valence-electron chi connectivity index (χ4n) is 8.12. The quantitative estimate of drug-likeness (QED) is 0.210. The second kappa shape index (κ2) is 13.6. The van der Waals surface area contributed by atoms with Crippen LogP contribution >= 0.6 is 0 Å². The Morgan fingerprint density at radius 3 is 2.34 bits per heavy atom. The summed E-state index contributed by atoms with van der Waals surface area (Å²) in [5.74, 6) is 2.61. The molecule has 0 aliphatic heterocycles. The van der Waals surface area contributed by atoms with Crippen molar-refractivity contribution in [1.82, 2.24) is 4.31 Å². The molecule has 0 spiro atoms. The second-order valence-corrected chi connectivity index (χ2v) is 14.6. The molecule has 0 aromatic heterocycles. The fraction of sp³-hybridized carbons (Fsp3) is 0.657. The van der Waals surface area contributed by atoms with Crippen molar-refractivity contribution in [1.29, 1.82) is 0 Å². The van der Waals surface area contributed by atoms with Crippen molar-refractivity contribution in [3.63, 3.8) is 0 Å². The summed E-state index contributed by atoms with van der Waals surface area (Å²) in [5.41, 5.74) is 4.03. The van der Waals surface area contributed by atoms with Crippen LogP contribution in [0.15, 0.2) is 48.5 Å². The Labute approximate surface area is 249 Å². The molecule has 5 unspecified atom stereocenters. The number of unbranched alkanes of at least 4 members (excludes halogenated alkanes) is 4. The van der Waals surface area contributed by atoms with Gasteiger partial charge in [-0.25, -0.2) is 0 Å². The van der Waals surface area contributed by atoms with Gasteiger partial charge in [0.15, 0.2) is 0 Å². The molecule has 0 amide bonds. The van der Waals surface area contributed by atoms with Crippen LogP contribution < -0.4 is 4.74 Å². The maximum Gasteiger partial charge on any atom is 0.338 e. The average Bonchev–Trinajstić information content (AvgIpc) is 3.30. The van der Waals surface area contributed by atoms with Crippen LogP contribution in [0.5, 0.6) is 5.75 Å². The Balaban J connectivity index is 1.25. The molecular formula is C35H51NO4S. The molecule has 2 aromatic carbocycles. The van der Waals surface area contributed by atoms with E-state index >= 15 is 0 Å². The number of hydrogen-bond donors (Lipinski definition) is 0. The van der Waals surface area contributed by atoms with Crippen LogP contribution in [-0.2, 0) is 27.5 Å². The van der Waals surface area contributed by atoms with Crippen molar-refractivity contribution in [3.8, 4) is 5.75 Å². The predicted molar refractivity (Wildman–Crippen MR) is 166 cm³/mol. The number of aryl methyl sites for hydroxylation is 1. The smallest absolute Gasteiger partial charge is 0.338 e. The zero-order valence-electron chi connectivity index (χ0n) is 25.5. The maximum atomic E-state index is 13.6. The minimum atomic E-state index is -3.74. The van der Waals surface area contributed by atoms with Crippen LogP contribution in [0.2, 0.25) is 0 Å². The Kier molecular flexibility index (Phi) is 10.1. The zero-order chi connectivity index (χ0) is 28.9. The lowest BCUT2D eigenvalue weighted by molar-refractivity contribution is -0.0111. The number of benzene rings is 2. The Morgan fingerprint density at radius 2 is 1.63 bits per heavy atom. The summed E-state index contributed by atoms with van der Waals surface area (Å²) in [5, 5.41) is 0. The topological polar surface area (TPSA) is 55.8 Å². The van der Waals surface area contributed by atoms with E-state index in [9.17, 15) is 8.42 Å². The molecule has 226 valence electrons. The number of hydrogen-bond acceptors (Lipinski definition) is 4. The van der Waals surface area contributed by atoms with Gasteiger partial charge in [-0.2, -0.15) is 12.7 Å². The highest BCUT2D eigenvalue weighted by atomic mass is 32.2. The van der Waals surface area contributed by atoms with Gasteiger partial charge < -0.3 is 4.74 Å². The molecule has 0 bridgehead atoms. The van der Waals surface area contributed by atoms with Crippen LogP contribution in [0.1, 0.15) is 114 Å². The van der Waals surface area contributed by atoms with E-state index in [4.69, 9.17) is 8.92 Å². The third kappa shape index (κ3) is 6.86. The van der Waals surface area contributed by atoms with Crippen molar-refractivity contribution >= 4 is 10.3 Å². The minimum absolute atomic E-state index is 0.0804. The summed E-state index contributed by atoms with van der Waals surface area (Å²) in [4.78, 5) is 0. The highest BCUT2D eigenvalue weighted by Crippen LogP contribution is 2.61. The monoisotopic (exact) mass is 581 g/mol. The molecule has 41 heavy (non-hydrogen) atoms. The third-order valence-corrected chi connectivity index (χ3v) is 11.9. The summed E-state index contributed by atoms with van der Waals surface area (Å²) >= 11 is 0. The van der Waals surface area contributed by atoms with Crippen LogP contribution in [0.4, 0.5) is 0 Å². The Bertz CT molecular complexity index is 1220. The first-order chi connectivity index (χ1) is 19.9. The highest BCUT2D eigenvalue weighted by Gasteiger charge is 2.56. The standard InChI is InChI=1S/C35H51NO4S/c1-4-6-11-23-36(24-12-7-5-2)41(37,38)40-34-20-19-33-32-17-15-28-25-29(39-26-27-13-9-8-10-14-27)16-18-30(28)31(32)21-22-35(33,34)3/h8-10,13-14,16,18,25,31-34H,4-7,11-12,15,17,19-24,26H2,1-3H3. The lowest BCUT2D eigenvalue weighted by Crippen LogP contribution is -2.46. The molecule has 3 aliphatic carbocycles. The molecule has 0 N–H and O–H groups in total. The van der Waals surface area contributed by atoms with Gasteiger partial charge in [0, 0.05) is 13.1 Å². The number of fused-ring (bicyclic) bond motifs is 5. The SMILES string of the molecule is CCCCCN(CCCCC)S(=O)(=O)OC1CCC2C3CCc4cc(OCc5ccccc5)ccc4C3CCC12C. The normalized spacial score (nSPS) is 27.3. The lowest BCUT2D eigenvalue weighted by Gasteiger charge is -2.50. The van der Waals surface area contributed by atoms with Crippen LogP contribution in [0.3, 0.4) is 0 Å². The first kappa shape index (κ1) is 30.6. The molecule has 5 nitrogen and oxygen atoms in total. The van der Waals surface area contributed by atoms with Gasteiger partial charge in [-0.05, 0) is 103 Å². The second-order valence-electron chi connectivity index (χ2n) is 13.0. The van der Waals surface area contributed by atoms with Gasteiger partial charge in [-0.3, -0.25) is 4.18 Å². The largest absolute Gasteiger partial charge is 0.489 e. The summed E-state index contributed by atoms with van der Waals surface area (Å²) in [6, 6.07) is 17.1. The van der Waals surface area contributed by atoms with Crippen molar-refractivity contribution in [2.45, 2.75) is 116 Å².